The number of aromatic nitrogens is 2. The second-order valence-corrected chi connectivity index (χ2v) is 7.82. The SMILES string of the molecule is CC(C)(C)OC(=O)N[C@H]1CCN(c2[nH]c(-c3ccnc(Cl)c3)cc2N)C1. The summed E-state index contributed by atoms with van der Waals surface area (Å²) in [6.45, 7) is 7.00. The highest BCUT2D eigenvalue weighted by atomic mass is 35.5. The van der Waals surface area contributed by atoms with E-state index in [1.54, 1.807) is 12.3 Å². The van der Waals surface area contributed by atoms with Gasteiger partial charge in [-0.1, -0.05) is 11.6 Å². The van der Waals surface area contributed by atoms with E-state index in [0.717, 1.165) is 30.0 Å². The van der Waals surface area contributed by atoms with Gasteiger partial charge in [-0.05, 0) is 45.4 Å². The van der Waals surface area contributed by atoms with Crippen LogP contribution in [0.25, 0.3) is 11.3 Å². The maximum atomic E-state index is 11.9. The van der Waals surface area contributed by atoms with Crippen molar-refractivity contribution in [1.29, 1.82) is 0 Å². The Bertz CT molecular complexity index is 799. The number of nitrogens with two attached hydrogens (primary N) is 1. The maximum Gasteiger partial charge on any atom is 0.407 e. The van der Waals surface area contributed by atoms with Crippen molar-refractivity contribution in [2.24, 2.45) is 0 Å². The van der Waals surface area contributed by atoms with Gasteiger partial charge in [0.05, 0.1) is 11.7 Å². The topological polar surface area (TPSA) is 96.3 Å². The number of ether oxygens (including phenoxy) is 1. The number of H-pyrrole nitrogens is 1. The first-order valence-corrected chi connectivity index (χ1v) is 8.94. The zero-order valence-electron chi connectivity index (χ0n) is 15.2. The number of nitrogens with zero attached hydrogens (tertiary/aromatic N) is 2. The minimum Gasteiger partial charge on any atom is -0.444 e. The van der Waals surface area contributed by atoms with Crippen molar-refractivity contribution < 1.29 is 9.53 Å². The lowest BCUT2D eigenvalue weighted by Gasteiger charge is -2.22. The van der Waals surface area contributed by atoms with Crippen molar-refractivity contribution in [1.82, 2.24) is 15.3 Å². The van der Waals surface area contributed by atoms with E-state index in [1.807, 2.05) is 32.9 Å². The molecule has 1 amide bonds. The molecule has 26 heavy (non-hydrogen) atoms. The Hall–Kier alpha value is -2.41. The molecule has 8 heteroatoms. The molecule has 7 nitrogen and oxygen atoms in total. The standard InChI is InChI=1S/C18H24ClN5O2/c1-18(2,3)26-17(25)22-12-5-7-24(10-12)16-13(20)9-14(23-16)11-4-6-21-15(19)8-11/h4,6,8-9,12,23H,5,7,10,20H2,1-3H3,(H,22,25)/t12-/m0/s1. The van der Waals surface area contributed by atoms with Crippen LogP contribution in [0.2, 0.25) is 5.15 Å². The molecule has 2 aromatic heterocycles. The fourth-order valence-electron chi connectivity index (χ4n) is 3.00. The molecular weight excluding hydrogens is 354 g/mol. The molecule has 0 aliphatic carbocycles. The second kappa shape index (κ2) is 7.07. The minimum absolute atomic E-state index is 0.0198. The van der Waals surface area contributed by atoms with Crippen LogP contribution in [0.3, 0.4) is 0 Å². The van der Waals surface area contributed by atoms with Crippen molar-refractivity contribution >= 4 is 29.2 Å². The Morgan fingerprint density at radius 3 is 2.92 bits per heavy atom. The first kappa shape index (κ1) is 18.4. The van der Waals surface area contributed by atoms with Crippen LogP contribution in [0, 0.1) is 0 Å². The molecule has 0 bridgehead atoms. The molecule has 1 fully saturated rings. The summed E-state index contributed by atoms with van der Waals surface area (Å²) in [4.78, 5) is 21.4. The van der Waals surface area contributed by atoms with E-state index >= 15 is 0 Å². The van der Waals surface area contributed by atoms with Crippen LogP contribution in [0.5, 0.6) is 0 Å². The number of hydrogen-bond acceptors (Lipinski definition) is 5. The summed E-state index contributed by atoms with van der Waals surface area (Å²) >= 11 is 5.96. The fourth-order valence-corrected chi connectivity index (χ4v) is 3.18. The van der Waals surface area contributed by atoms with E-state index in [9.17, 15) is 4.79 Å². The summed E-state index contributed by atoms with van der Waals surface area (Å²) in [5, 5.41) is 3.35. The molecule has 1 aliphatic heterocycles. The molecule has 0 saturated carbocycles. The number of rotatable bonds is 3. The number of nitrogens with one attached hydrogen (secondary N) is 2. The molecule has 140 valence electrons. The lowest BCUT2D eigenvalue weighted by molar-refractivity contribution is 0.0509. The van der Waals surface area contributed by atoms with E-state index in [4.69, 9.17) is 22.1 Å². The van der Waals surface area contributed by atoms with Gasteiger partial charge >= 0.3 is 6.09 Å². The summed E-state index contributed by atoms with van der Waals surface area (Å²) in [6.07, 6.45) is 2.09. The van der Waals surface area contributed by atoms with Crippen LogP contribution in [0.1, 0.15) is 27.2 Å². The Balaban J connectivity index is 1.67. The zero-order chi connectivity index (χ0) is 18.9. The Kier molecular flexibility index (Phi) is 5.00. The van der Waals surface area contributed by atoms with Crippen LogP contribution in [0.15, 0.2) is 24.4 Å². The zero-order valence-corrected chi connectivity index (χ0v) is 15.9. The maximum absolute atomic E-state index is 11.9. The van der Waals surface area contributed by atoms with E-state index < -0.39 is 11.7 Å². The molecule has 0 spiro atoms. The van der Waals surface area contributed by atoms with Crippen LogP contribution in [0.4, 0.5) is 16.3 Å². The fraction of sp³-hybridized carbons (Fsp3) is 0.444. The number of pyridine rings is 1. The number of anilines is 2. The first-order valence-electron chi connectivity index (χ1n) is 8.56. The van der Waals surface area contributed by atoms with Crippen LogP contribution in [-0.2, 0) is 4.74 Å². The van der Waals surface area contributed by atoms with Gasteiger partial charge in [0.25, 0.3) is 0 Å². The largest absolute Gasteiger partial charge is 0.444 e. The second-order valence-electron chi connectivity index (χ2n) is 7.43. The molecule has 1 aliphatic rings. The third-order valence-corrected chi connectivity index (χ3v) is 4.30. The number of carbonyl (C=O) groups excluding carboxylic acids is 1. The van der Waals surface area contributed by atoms with Gasteiger partial charge < -0.3 is 25.7 Å². The van der Waals surface area contributed by atoms with Crippen molar-refractivity contribution in [2.45, 2.75) is 38.8 Å². The molecule has 0 unspecified atom stereocenters. The first-order chi connectivity index (χ1) is 12.2. The minimum atomic E-state index is -0.507. The smallest absolute Gasteiger partial charge is 0.407 e. The molecule has 4 N–H and O–H groups in total. The normalized spacial score (nSPS) is 17.4. The summed E-state index contributed by atoms with van der Waals surface area (Å²) < 4.78 is 5.32. The molecule has 2 aromatic rings. The number of amides is 1. The van der Waals surface area contributed by atoms with Crippen LogP contribution in [-0.4, -0.2) is 40.8 Å². The van der Waals surface area contributed by atoms with E-state index in [0.29, 0.717) is 17.4 Å². The predicted molar refractivity (Wildman–Crippen MR) is 103 cm³/mol. The van der Waals surface area contributed by atoms with Gasteiger partial charge in [0.15, 0.2) is 0 Å². The number of hydrogen-bond donors (Lipinski definition) is 3. The lowest BCUT2D eigenvalue weighted by Crippen LogP contribution is -2.40. The summed E-state index contributed by atoms with van der Waals surface area (Å²) in [7, 11) is 0. The Labute approximate surface area is 157 Å². The van der Waals surface area contributed by atoms with Crippen molar-refractivity contribution in [3.05, 3.63) is 29.5 Å². The van der Waals surface area contributed by atoms with E-state index in [1.165, 1.54) is 0 Å². The van der Waals surface area contributed by atoms with Crippen molar-refractivity contribution in [2.75, 3.05) is 23.7 Å². The van der Waals surface area contributed by atoms with Crippen LogP contribution < -0.4 is 16.0 Å². The van der Waals surface area contributed by atoms with E-state index in [-0.39, 0.29) is 6.04 Å². The highest BCUT2D eigenvalue weighted by Gasteiger charge is 2.28. The average molecular weight is 378 g/mol. The third kappa shape index (κ3) is 4.40. The van der Waals surface area contributed by atoms with E-state index in [2.05, 4.69) is 20.2 Å². The van der Waals surface area contributed by atoms with Gasteiger partial charge in [-0.2, -0.15) is 0 Å². The monoisotopic (exact) mass is 377 g/mol. The molecule has 0 aromatic carbocycles. The molecular formula is C18H24ClN5O2. The lowest BCUT2D eigenvalue weighted by atomic mass is 10.2. The van der Waals surface area contributed by atoms with Gasteiger partial charge in [-0.3, -0.25) is 0 Å². The molecule has 0 radical (unpaired) electrons. The highest BCUT2D eigenvalue weighted by Crippen LogP contribution is 2.32. The van der Waals surface area contributed by atoms with Gasteiger partial charge in [-0.15, -0.1) is 0 Å². The Morgan fingerprint density at radius 1 is 1.46 bits per heavy atom. The Morgan fingerprint density at radius 2 is 2.23 bits per heavy atom. The summed E-state index contributed by atoms with van der Waals surface area (Å²) in [6, 6.07) is 5.56. The summed E-state index contributed by atoms with van der Waals surface area (Å²) in [5.41, 5.74) is 8.15. The third-order valence-electron chi connectivity index (χ3n) is 4.09. The van der Waals surface area contributed by atoms with Gasteiger partial charge in [0.2, 0.25) is 0 Å². The number of aromatic amines is 1. The van der Waals surface area contributed by atoms with Crippen molar-refractivity contribution in [3.8, 4) is 11.3 Å². The van der Waals surface area contributed by atoms with Crippen molar-refractivity contribution in [3.63, 3.8) is 0 Å². The average Bonchev–Trinajstić information content (AvgIpc) is 3.11. The number of halogens is 1. The molecule has 3 heterocycles. The number of alkyl carbamates (subject to hydrolysis) is 1. The molecule has 3 rings (SSSR count). The van der Waals surface area contributed by atoms with Gasteiger partial charge in [-0.25, -0.2) is 9.78 Å². The van der Waals surface area contributed by atoms with Gasteiger partial charge in [0.1, 0.15) is 16.6 Å². The number of nitrogen functional groups attached to an aromatic ring is 1. The predicted octanol–water partition coefficient (Wildman–Crippen LogP) is 3.42. The van der Waals surface area contributed by atoms with Gasteiger partial charge in [0, 0.05) is 30.5 Å². The highest BCUT2D eigenvalue weighted by molar-refractivity contribution is 6.29. The summed E-state index contributed by atoms with van der Waals surface area (Å²) in [5.74, 6) is 0.849. The number of carbonyl (C=O) groups is 1. The quantitative estimate of drug-likeness (QED) is 0.712. The molecule has 1 atom stereocenters. The molecule has 1 saturated heterocycles. The van der Waals surface area contributed by atoms with Crippen LogP contribution >= 0.6 is 11.6 Å².